The normalized spacial score (nSPS) is 47.3. The minimum atomic E-state index is -0.332. The van der Waals surface area contributed by atoms with E-state index in [1.807, 2.05) is 6.92 Å². The number of carbonyl (C=O) groups is 3. The van der Waals surface area contributed by atoms with E-state index in [4.69, 9.17) is 0 Å². The lowest BCUT2D eigenvalue weighted by atomic mass is 9.34. The molecule has 0 amide bonds. The zero-order chi connectivity index (χ0) is 34.1. The molecule has 9 aliphatic carbocycles. The number of aliphatic hydroxyl groups is 1. The van der Waals surface area contributed by atoms with Crippen molar-refractivity contribution in [2.24, 2.45) is 56.2 Å². The van der Waals surface area contributed by atoms with Crippen LogP contribution in [0.15, 0.2) is 46.3 Å². The lowest BCUT2D eigenvalue weighted by molar-refractivity contribution is -0.168. The molecule has 0 aromatic rings. The van der Waals surface area contributed by atoms with Crippen molar-refractivity contribution in [1.82, 2.24) is 0 Å². The van der Waals surface area contributed by atoms with E-state index >= 15 is 0 Å². The smallest absolute Gasteiger partial charge is 0.220 e. The van der Waals surface area contributed by atoms with E-state index in [1.165, 1.54) is 44.1 Å². The molecule has 0 aliphatic heterocycles. The Labute approximate surface area is 289 Å². The van der Waals surface area contributed by atoms with Crippen molar-refractivity contribution in [2.45, 2.75) is 151 Å². The molecule has 9 aliphatic rings. The van der Waals surface area contributed by atoms with Crippen LogP contribution in [0, 0.1) is 56.2 Å². The van der Waals surface area contributed by atoms with Crippen molar-refractivity contribution in [1.29, 1.82) is 0 Å². The maximum atomic E-state index is 14.2. The van der Waals surface area contributed by atoms with Gasteiger partial charge < -0.3 is 5.11 Å². The number of rotatable bonds is 7. The number of carbonyl (C=O) groups excluding carboxylic acids is 3. The molecule has 4 bridgehead atoms. The third-order valence-corrected chi connectivity index (χ3v) is 17.1. The van der Waals surface area contributed by atoms with Gasteiger partial charge in [-0.1, -0.05) is 52.3 Å². The van der Waals surface area contributed by atoms with Crippen LogP contribution in [-0.4, -0.2) is 22.5 Å². The molecule has 48 heavy (non-hydrogen) atoms. The predicted octanol–water partition coefficient (Wildman–Crippen LogP) is 10.5. The molecule has 0 spiro atoms. The van der Waals surface area contributed by atoms with Crippen LogP contribution in [0.25, 0.3) is 0 Å². The number of fused-ring (bicyclic) bond motifs is 7. The summed E-state index contributed by atoms with van der Waals surface area (Å²) in [6.07, 6.45) is 24.2. The van der Waals surface area contributed by atoms with E-state index in [-0.39, 0.29) is 38.6 Å². The van der Waals surface area contributed by atoms with Gasteiger partial charge in [0.2, 0.25) is 5.78 Å². The monoisotopic (exact) mass is 652 g/mol. The summed E-state index contributed by atoms with van der Waals surface area (Å²) in [5.74, 6) is 3.47. The first-order valence-corrected chi connectivity index (χ1v) is 19.7. The Bertz CT molecular complexity index is 1570. The van der Waals surface area contributed by atoms with Gasteiger partial charge in [-0.3, -0.25) is 14.4 Å². The molecule has 0 saturated heterocycles. The topological polar surface area (TPSA) is 71.4 Å². The molecule has 1 N–H and O–H groups in total. The van der Waals surface area contributed by atoms with Gasteiger partial charge in [0.25, 0.3) is 0 Å². The standard InChI is InChI=1S/C44H60O4/c1-27-32-10-11-35-41(4,33(32)21-34(46)38(27)48)15-17-43(6)36-26-40(3,13-12-39(36,2)14-16-42(35,43)5)37(47)9-7-8-31(45)25-44-22-28-18-29(23-44)20-30(19-28)24-44/h10-11,21,28-30,36,48H,7-9,12-20,22-26H2,1-6H3/t28?,29?,30?,36-,39-,40-,41+,42-,43+,44?/m1/s1. The molecular formula is C44H60O4. The summed E-state index contributed by atoms with van der Waals surface area (Å²) in [6, 6.07) is 0. The number of ketones is 3. The molecule has 0 aromatic heterocycles. The number of aliphatic hydroxyl groups excluding tert-OH is 1. The highest BCUT2D eigenvalue weighted by molar-refractivity contribution is 6.06. The maximum absolute atomic E-state index is 14.2. The van der Waals surface area contributed by atoms with Crippen LogP contribution >= 0.6 is 0 Å². The maximum Gasteiger partial charge on any atom is 0.220 e. The molecule has 0 heterocycles. The second kappa shape index (κ2) is 10.6. The largest absolute Gasteiger partial charge is 0.504 e. The molecule has 0 radical (unpaired) electrons. The number of hydrogen-bond acceptors (Lipinski definition) is 4. The van der Waals surface area contributed by atoms with Gasteiger partial charge in [0.15, 0.2) is 5.76 Å². The first-order valence-electron chi connectivity index (χ1n) is 19.7. The minimum absolute atomic E-state index is 0.0404. The summed E-state index contributed by atoms with van der Waals surface area (Å²) in [5, 5.41) is 10.5. The van der Waals surface area contributed by atoms with Crippen molar-refractivity contribution in [3.8, 4) is 0 Å². The Morgan fingerprint density at radius 3 is 2.12 bits per heavy atom. The fraction of sp³-hybridized carbons (Fsp3) is 0.750. The van der Waals surface area contributed by atoms with E-state index in [0.717, 1.165) is 80.3 Å². The second-order valence-corrected chi connectivity index (χ2v) is 20.0. The van der Waals surface area contributed by atoms with Gasteiger partial charge in [0.05, 0.1) is 0 Å². The molecule has 7 saturated carbocycles. The summed E-state index contributed by atoms with van der Waals surface area (Å²) in [4.78, 5) is 40.4. The van der Waals surface area contributed by atoms with Crippen LogP contribution in [0.2, 0.25) is 0 Å². The summed E-state index contributed by atoms with van der Waals surface area (Å²) in [5.41, 5.74) is 4.17. The van der Waals surface area contributed by atoms with Gasteiger partial charge in [-0.2, -0.15) is 0 Å². The molecule has 0 unspecified atom stereocenters. The average molecular weight is 653 g/mol. The van der Waals surface area contributed by atoms with E-state index in [2.05, 4.69) is 46.8 Å². The quantitative estimate of drug-likeness (QED) is 0.297. The number of hydrogen-bond donors (Lipinski definition) is 1. The summed E-state index contributed by atoms with van der Waals surface area (Å²) in [7, 11) is 0. The number of Topliss-reactive ketones (excluding diaryl/α,β-unsaturated/α-hetero) is 2. The van der Waals surface area contributed by atoms with Crippen molar-refractivity contribution >= 4 is 17.3 Å². The Morgan fingerprint density at radius 2 is 1.46 bits per heavy atom. The van der Waals surface area contributed by atoms with Crippen molar-refractivity contribution in [3.05, 3.63) is 46.3 Å². The van der Waals surface area contributed by atoms with Gasteiger partial charge in [-0.05, 0) is 159 Å². The Hall–Kier alpha value is -2.23. The molecular weight excluding hydrogens is 592 g/mol. The van der Waals surface area contributed by atoms with Crippen molar-refractivity contribution in [3.63, 3.8) is 0 Å². The van der Waals surface area contributed by atoms with E-state index in [1.54, 1.807) is 6.08 Å². The minimum Gasteiger partial charge on any atom is -0.504 e. The molecule has 0 aromatic carbocycles. The van der Waals surface area contributed by atoms with Crippen LogP contribution in [0.4, 0.5) is 0 Å². The molecule has 6 atom stereocenters. The average Bonchev–Trinajstić information content (AvgIpc) is 3.01. The Kier molecular flexibility index (Phi) is 7.30. The highest BCUT2D eigenvalue weighted by Gasteiger charge is 2.67. The molecule has 260 valence electrons. The Morgan fingerprint density at radius 1 is 0.812 bits per heavy atom. The summed E-state index contributed by atoms with van der Waals surface area (Å²) >= 11 is 0. The third-order valence-electron chi connectivity index (χ3n) is 17.1. The summed E-state index contributed by atoms with van der Waals surface area (Å²) in [6.45, 7) is 14.0. The zero-order valence-corrected chi connectivity index (χ0v) is 30.7. The first kappa shape index (κ1) is 32.9. The lowest BCUT2D eigenvalue weighted by Crippen LogP contribution is -2.62. The molecule has 9 rings (SSSR count). The SMILES string of the molecule is CC1=C(O)C(=O)C=C2C1=CC=C1[C@@]2(C)CC[C@@]2(C)[C@@H]3C[C@](C)(C(=O)CCCC(=O)CC45CC6CC(CC(C6)C4)C5)CC[C@]3(C)CC[C@]12C. The zero-order valence-electron chi connectivity index (χ0n) is 30.7. The molecule has 4 heteroatoms. The van der Waals surface area contributed by atoms with Crippen LogP contribution in [0.3, 0.4) is 0 Å². The van der Waals surface area contributed by atoms with Crippen molar-refractivity contribution < 1.29 is 19.5 Å². The second-order valence-electron chi connectivity index (χ2n) is 20.0. The van der Waals surface area contributed by atoms with E-state index in [0.29, 0.717) is 47.7 Å². The van der Waals surface area contributed by atoms with Gasteiger partial charge in [0.1, 0.15) is 11.6 Å². The van der Waals surface area contributed by atoms with Crippen LogP contribution in [0.1, 0.15) is 151 Å². The third kappa shape index (κ3) is 4.61. The van der Waals surface area contributed by atoms with E-state index in [9.17, 15) is 19.5 Å². The fourth-order valence-electron chi connectivity index (χ4n) is 14.5. The van der Waals surface area contributed by atoms with Gasteiger partial charge in [0, 0.05) is 35.7 Å². The highest BCUT2D eigenvalue weighted by atomic mass is 16.3. The molecule has 4 nitrogen and oxygen atoms in total. The fourth-order valence-corrected chi connectivity index (χ4v) is 14.5. The first-order chi connectivity index (χ1) is 22.5. The number of allylic oxidation sites excluding steroid dienone is 7. The van der Waals surface area contributed by atoms with Crippen LogP contribution in [0.5, 0.6) is 0 Å². The van der Waals surface area contributed by atoms with Gasteiger partial charge >= 0.3 is 0 Å². The Balaban J connectivity index is 0.978. The van der Waals surface area contributed by atoms with Crippen molar-refractivity contribution in [2.75, 3.05) is 0 Å². The summed E-state index contributed by atoms with van der Waals surface area (Å²) < 4.78 is 0. The van der Waals surface area contributed by atoms with Gasteiger partial charge in [-0.25, -0.2) is 0 Å². The van der Waals surface area contributed by atoms with Crippen LogP contribution in [-0.2, 0) is 14.4 Å². The van der Waals surface area contributed by atoms with Gasteiger partial charge in [-0.15, -0.1) is 0 Å². The highest BCUT2D eigenvalue weighted by Crippen LogP contribution is 2.75. The predicted molar refractivity (Wildman–Crippen MR) is 190 cm³/mol. The lowest BCUT2D eigenvalue weighted by Gasteiger charge is -2.70. The molecule has 7 fully saturated rings. The van der Waals surface area contributed by atoms with E-state index < -0.39 is 0 Å². The van der Waals surface area contributed by atoms with Crippen LogP contribution < -0.4 is 0 Å².